The number of halogens is 1. The summed E-state index contributed by atoms with van der Waals surface area (Å²) in [6.45, 7) is 13.5. The molecule has 0 fully saturated rings. The van der Waals surface area contributed by atoms with E-state index in [9.17, 15) is 0 Å². The molecule has 0 amide bonds. The fourth-order valence-electron chi connectivity index (χ4n) is 2.55. The van der Waals surface area contributed by atoms with Gasteiger partial charge in [-0.2, -0.15) is 0 Å². The standard InChI is InChI=1S/C18H30BrN3O2Si/c1-13(2)20-10-14-9-15-16(19)11-21-18(23-3)17(15)22(14)12-24-7-8-25(4,5)6/h9,11,13,20H,7-8,10,12H2,1-6H3. The molecule has 2 rings (SSSR count). The first-order chi connectivity index (χ1) is 11.7. The highest BCUT2D eigenvalue weighted by molar-refractivity contribution is 9.10. The van der Waals surface area contributed by atoms with Crippen molar-refractivity contribution in [2.24, 2.45) is 0 Å². The van der Waals surface area contributed by atoms with E-state index in [0.717, 1.165) is 34.6 Å². The Morgan fingerprint density at radius 2 is 2.04 bits per heavy atom. The van der Waals surface area contributed by atoms with Gasteiger partial charge < -0.3 is 19.4 Å². The Bertz CT molecular complexity index is 710. The van der Waals surface area contributed by atoms with E-state index in [1.165, 1.54) is 5.69 Å². The van der Waals surface area contributed by atoms with Gasteiger partial charge >= 0.3 is 0 Å². The quantitative estimate of drug-likeness (QED) is 0.468. The van der Waals surface area contributed by atoms with Gasteiger partial charge in [-0.3, -0.25) is 0 Å². The van der Waals surface area contributed by atoms with Crippen molar-refractivity contribution in [3.05, 3.63) is 22.4 Å². The maximum absolute atomic E-state index is 6.02. The second-order valence-electron chi connectivity index (χ2n) is 7.83. The average molecular weight is 428 g/mol. The zero-order chi connectivity index (χ0) is 18.6. The summed E-state index contributed by atoms with van der Waals surface area (Å²) in [7, 11) is 0.563. The molecule has 0 saturated heterocycles. The van der Waals surface area contributed by atoms with Crippen molar-refractivity contribution in [2.75, 3.05) is 13.7 Å². The molecule has 0 aliphatic heterocycles. The molecule has 0 radical (unpaired) electrons. The third-order valence-corrected chi connectivity index (χ3v) is 6.38. The van der Waals surface area contributed by atoms with Gasteiger partial charge in [0, 0.05) is 49.0 Å². The number of hydrogen-bond acceptors (Lipinski definition) is 4. The largest absolute Gasteiger partial charge is 0.479 e. The Balaban J connectivity index is 2.32. The minimum Gasteiger partial charge on any atom is -0.479 e. The Labute approximate surface area is 160 Å². The van der Waals surface area contributed by atoms with Gasteiger partial charge in [0.15, 0.2) is 0 Å². The Kier molecular flexibility index (Phi) is 7.07. The first kappa shape index (κ1) is 20.4. The molecule has 2 heterocycles. The van der Waals surface area contributed by atoms with Crippen LogP contribution in [0.2, 0.25) is 25.7 Å². The molecule has 7 heteroatoms. The van der Waals surface area contributed by atoms with Crippen LogP contribution in [0.4, 0.5) is 0 Å². The summed E-state index contributed by atoms with van der Waals surface area (Å²) >= 11 is 3.61. The molecule has 0 saturated carbocycles. The average Bonchev–Trinajstić information content (AvgIpc) is 2.89. The molecule has 0 aromatic carbocycles. The molecule has 0 spiro atoms. The van der Waals surface area contributed by atoms with Crippen LogP contribution in [-0.4, -0.2) is 37.4 Å². The first-order valence-electron chi connectivity index (χ1n) is 8.74. The maximum Gasteiger partial charge on any atom is 0.238 e. The van der Waals surface area contributed by atoms with E-state index in [2.05, 4.69) is 70.4 Å². The molecule has 0 bridgehead atoms. The number of fused-ring (bicyclic) bond motifs is 1. The zero-order valence-corrected chi connectivity index (χ0v) is 18.7. The number of rotatable bonds is 9. The topological polar surface area (TPSA) is 48.3 Å². The molecular weight excluding hydrogens is 398 g/mol. The number of nitrogens with one attached hydrogen (secondary N) is 1. The van der Waals surface area contributed by atoms with Crippen molar-refractivity contribution < 1.29 is 9.47 Å². The summed E-state index contributed by atoms with van der Waals surface area (Å²) in [6, 6.07) is 3.76. The monoisotopic (exact) mass is 427 g/mol. The van der Waals surface area contributed by atoms with Crippen molar-refractivity contribution in [3.63, 3.8) is 0 Å². The van der Waals surface area contributed by atoms with E-state index in [1.807, 2.05) is 0 Å². The Hall–Kier alpha value is -0.893. The molecule has 140 valence electrons. The van der Waals surface area contributed by atoms with Gasteiger partial charge in [-0.25, -0.2) is 4.98 Å². The Morgan fingerprint density at radius 3 is 2.64 bits per heavy atom. The molecule has 0 unspecified atom stereocenters. The van der Waals surface area contributed by atoms with Crippen LogP contribution in [0.3, 0.4) is 0 Å². The summed E-state index contributed by atoms with van der Waals surface area (Å²) in [5.41, 5.74) is 2.15. The number of pyridine rings is 1. The molecule has 1 N–H and O–H groups in total. The normalized spacial score (nSPS) is 12.3. The van der Waals surface area contributed by atoms with Gasteiger partial charge in [-0.1, -0.05) is 33.5 Å². The van der Waals surface area contributed by atoms with E-state index >= 15 is 0 Å². The SMILES string of the molecule is COc1ncc(Br)c2cc(CNC(C)C)n(COCC[Si](C)(C)C)c12. The van der Waals surface area contributed by atoms with Gasteiger partial charge in [-0.05, 0) is 28.0 Å². The third kappa shape index (κ3) is 5.54. The second-order valence-corrected chi connectivity index (χ2v) is 14.3. The zero-order valence-electron chi connectivity index (χ0n) is 16.1. The molecule has 0 aliphatic rings. The number of ether oxygens (including phenoxy) is 2. The lowest BCUT2D eigenvalue weighted by Gasteiger charge is -2.17. The van der Waals surface area contributed by atoms with E-state index in [-0.39, 0.29) is 0 Å². The summed E-state index contributed by atoms with van der Waals surface area (Å²) in [5.74, 6) is 0.628. The molecule has 0 aliphatic carbocycles. The molecule has 2 aromatic rings. The number of aromatic nitrogens is 2. The summed E-state index contributed by atoms with van der Waals surface area (Å²) < 4.78 is 14.7. The van der Waals surface area contributed by atoms with Crippen LogP contribution in [0.15, 0.2) is 16.7 Å². The van der Waals surface area contributed by atoms with Crippen LogP contribution in [0, 0.1) is 0 Å². The molecule has 0 atom stereocenters. The van der Waals surface area contributed by atoms with Crippen molar-refractivity contribution in [1.82, 2.24) is 14.9 Å². The smallest absolute Gasteiger partial charge is 0.238 e. The van der Waals surface area contributed by atoms with Crippen LogP contribution in [-0.2, 0) is 18.0 Å². The molecule has 25 heavy (non-hydrogen) atoms. The predicted molar refractivity (Wildman–Crippen MR) is 110 cm³/mol. The third-order valence-electron chi connectivity index (χ3n) is 4.04. The highest BCUT2D eigenvalue weighted by atomic mass is 79.9. The summed E-state index contributed by atoms with van der Waals surface area (Å²) in [5, 5.41) is 4.59. The van der Waals surface area contributed by atoms with E-state index in [0.29, 0.717) is 18.7 Å². The molecule has 5 nitrogen and oxygen atoms in total. The highest BCUT2D eigenvalue weighted by Gasteiger charge is 2.17. The fraction of sp³-hybridized carbons (Fsp3) is 0.611. The maximum atomic E-state index is 6.02. The Morgan fingerprint density at radius 1 is 1.32 bits per heavy atom. The number of hydrogen-bond donors (Lipinski definition) is 1. The number of nitrogens with zero attached hydrogens (tertiary/aromatic N) is 2. The van der Waals surface area contributed by atoms with E-state index in [4.69, 9.17) is 9.47 Å². The van der Waals surface area contributed by atoms with Crippen LogP contribution in [0.1, 0.15) is 19.5 Å². The van der Waals surface area contributed by atoms with Gasteiger partial charge in [0.25, 0.3) is 0 Å². The van der Waals surface area contributed by atoms with Crippen LogP contribution in [0.5, 0.6) is 5.88 Å². The van der Waals surface area contributed by atoms with E-state index in [1.54, 1.807) is 13.3 Å². The van der Waals surface area contributed by atoms with Crippen LogP contribution < -0.4 is 10.1 Å². The van der Waals surface area contributed by atoms with Gasteiger partial charge in [-0.15, -0.1) is 0 Å². The number of methoxy groups -OCH3 is 1. The fourth-order valence-corrected chi connectivity index (χ4v) is 3.71. The van der Waals surface area contributed by atoms with Gasteiger partial charge in [0.1, 0.15) is 12.2 Å². The van der Waals surface area contributed by atoms with Crippen LogP contribution in [0.25, 0.3) is 10.9 Å². The highest BCUT2D eigenvalue weighted by Crippen LogP contribution is 2.32. The molecular formula is C18H30BrN3O2Si. The van der Waals surface area contributed by atoms with Gasteiger partial charge in [0.05, 0.1) is 7.11 Å². The van der Waals surface area contributed by atoms with Gasteiger partial charge in [0.2, 0.25) is 5.88 Å². The molecule has 2 aromatic heterocycles. The minimum absolute atomic E-state index is 0.419. The van der Waals surface area contributed by atoms with Crippen molar-refractivity contribution in [3.8, 4) is 5.88 Å². The van der Waals surface area contributed by atoms with Crippen molar-refractivity contribution >= 4 is 34.9 Å². The van der Waals surface area contributed by atoms with E-state index < -0.39 is 8.07 Å². The lowest BCUT2D eigenvalue weighted by Crippen LogP contribution is -2.24. The lowest BCUT2D eigenvalue weighted by atomic mass is 10.3. The predicted octanol–water partition coefficient (Wildman–Crippen LogP) is 4.62. The summed E-state index contributed by atoms with van der Waals surface area (Å²) in [4.78, 5) is 4.40. The minimum atomic E-state index is -1.09. The first-order valence-corrected chi connectivity index (χ1v) is 13.2. The van der Waals surface area contributed by atoms with Crippen molar-refractivity contribution in [1.29, 1.82) is 0 Å². The second kappa shape index (κ2) is 8.66. The van der Waals surface area contributed by atoms with Crippen molar-refractivity contribution in [2.45, 2.75) is 58.9 Å². The van der Waals surface area contributed by atoms with Crippen LogP contribution >= 0.6 is 15.9 Å². The lowest BCUT2D eigenvalue weighted by molar-refractivity contribution is 0.0878. The summed E-state index contributed by atoms with van der Waals surface area (Å²) in [6.07, 6.45) is 1.79.